The van der Waals surface area contributed by atoms with Crippen molar-refractivity contribution in [3.8, 4) is 0 Å². The molecular formula is C31H43NO4. The number of ether oxygens (including phenoxy) is 2. The molecule has 196 valence electrons. The van der Waals surface area contributed by atoms with Gasteiger partial charge in [-0.3, -0.25) is 14.5 Å². The fraction of sp³-hybridized carbons (Fsp3) is 0.548. The van der Waals surface area contributed by atoms with Gasteiger partial charge in [0.05, 0.1) is 5.92 Å². The van der Waals surface area contributed by atoms with Crippen molar-refractivity contribution < 1.29 is 19.1 Å². The summed E-state index contributed by atoms with van der Waals surface area (Å²) in [5.41, 5.74) is 1.24. The van der Waals surface area contributed by atoms with Crippen LogP contribution in [0.3, 0.4) is 0 Å². The van der Waals surface area contributed by atoms with Gasteiger partial charge in [0.25, 0.3) is 0 Å². The lowest BCUT2D eigenvalue weighted by Crippen LogP contribution is -2.45. The van der Waals surface area contributed by atoms with Gasteiger partial charge in [-0.05, 0) is 78.4 Å². The smallest absolute Gasteiger partial charge is 0.311 e. The van der Waals surface area contributed by atoms with Gasteiger partial charge in [0.15, 0.2) is 0 Å². The molecule has 3 rings (SSSR count). The first kappa shape index (κ1) is 27.9. The molecule has 5 heteroatoms. The molecule has 0 saturated heterocycles. The minimum Gasteiger partial charge on any atom is -0.460 e. The molecule has 36 heavy (non-hydrogen) atoms. The maximum atomic E-state index is 13.7. The minimum atomic E-state index is -0.601. The van der Waals surface area contributed by atoms with E-state index >= 15 is 0 Å². The summed E-state index contributed by atoms with van der Waals surface area (Å²) < 4.78 is 11.6. The zero-order valence-corrected chi connectivity index (χ0v) is 23.0. The van der Waals surface area contributed by atoms with Crippen LogP contribution in [0, 0.1) is 11.8 Å². The van der Waals surface area contributed by atoms with Crippen molar-refractivity contribution in [2.45, 2.75) is 97.6 Å². The Morgan fingerprint density at radius 1 is 0.861 bits per heavy atom. The lowest BCUT2D eigenvalue weighted by Gasteiger charge is -2.39. The first-order valence-electron chi connectivity index (χ1n) is 13.1. The molecule has 1 aliphatic rings. The molecule has 2 aromatic rings. The normalized spacial score (nSPS) is 21.3. The quantitative estimate of drug-likeness (QED) is 0.382. The van der Waals surface area contributed by atoms with Crippen LogP contribution >= 0.6 is 0 Å². The summed E-state index contributed by atoms with van der Waals surface area (Å²) in [5, 5.41) is 0. The average molecular weight is 494 g/mol. The van der Waals surface area contributed by atoms with Gasteiger partial charge in [-0.1, -0.05) is 60.7 Å². The second-order valence-electron chi connectivity index (χ2n) is 12.0. The third kappa shape index (κ3) is 7.92. The molecule has 1 fully saturated rings. The predicted octanol–water partition coefficient (Wildman–Crippen LogP) is 6.72. The molecule has 1 aliphatic carbocycles. The number of nitrogens with zero attached hydrogens (tertiary/aromatic N) is 1. The van der Waals surface area contributed by atoms with E-state index in [0.29, 0.717) is 6.54 Å². The van der Waals surface area contributed by atoms with E-state index in [1.165, 1.54) is 11.1 Å². The van der Waals surface area contributed by atoms with Gasteiger partial charge in [-0.25, -0.2) is 0 Å². The largest absolute Gasteiger partial charge is 0.460 e. The summed E-state index contributed by atoms with van der Waals surface area (Å²) >= 11 is 0. The van der Waals surface area contributed by atoms with E-state index in [2.05, 4.69) is 48.2 Å². The maximum Gasteiger partial charge on any atom is 0.311 e. The van der Waals surface area contributed by atoms with Crippen molar-refractivity contribution in [3.05, 3.63) is 71.8 Å². The zero-order chi connectivity index (χ0) is 26.5. The zero-order valence-electron chi connectivity index (χ0n) is 23.0. The first-order valence-corrected chi connectivity index (χ1v) is 13.1. The van der Waals surface area contributed by atoms with Crippen LogP contribution in [0.1, 0.15) is 84.9 Å². The fourth-order valence-corrected chi connectivity index (χ4v) is 5.23. The van der Waals surface area contributed by atoms with E-state index in [0.717, 1.165) is 12.8 Å². The van der Waals surface area contributed by atoms with Gasteiger partial charge in [0, 0.05) is 25.0 Å². The molecule has 0 N–H and O–H groups in total. The first-order chi connectivity index (χ1) is 16.8. The lowest BCUT2D eigenvalue weighted by atomic mass is 9.88. The van der Waals surface area contributed by atoms with Gasteiger partial charge in [-0.15, -0.1) is 0 Å². The minimum absolute atomic E-state index is 0.0531. The molecule has 0 spiro atoms. The summed E-state index contributed by atoms with van der Waals surface area (Å²) in [6.07, 6.45) is 1.82. The molecule has 0 aliphatic heterocycles. The SMILES string of the molecule is C[C@@H](c1ccccc1)N(Cc1ccccc1)C1CC[C@@H](CC(=O)OC(C)(C)C)[C@@H]1C(=O)OC(C)(C)C. The van der Waals surface area contributed by atoms with Crippen LogP contribution < -0.4 is 0 Å². The molecule has 5 nitrogen and oxygen atoms in total. The van der Waals surface area contributed by atoms with E-state index in [9.17, 15) is 9.59 Å². The number of hydrogen-bond acceptors (Lipinski definition) is 5. The maximum absolute atomic E-state index is 13.7. The fourth-order valence-electron chi connectivity index (χ4n) is 5.23. The lowest BCUT2D eigenvalue weighted by molar-refractivity contribution is -0.165. The van der Waals surface area contributed by atoms with E-state index in [1.807, 2.05) is 65.8 Å². The highest BCUT2D eigenvalue weighted by atomic mass is 16.6. The van der Waals surface area contributed by atoms with Crippen LogP contribution in [-0.2, 0) is 25.6 Å². The van der Waals surface area contributed by atoms with Crippen molar-refractivity contribution in [3.63, 3.8) is 0 Å². The Kier molecular flexibility index (Phi) is 8.99. The highest BCUT2D eigenvalue weighted by molar-refractivity contribution is 5.77. The molecule has 1 saturated carbocycles. The molecule has 0 aromatic heterocycles. The number of esters is 2. The van der Waals surface area contributed by atoms with Crippen LogP contribution in [0.15, 0.2) is 60.7 Å². The predicted molar refractivity (Wildman–Crippen MR) is 143 cm³/mol. The van der Waals surface area contributed by atoms with Crippen LogP contribution in [0.25, 0.3) is 0 Å². The molecule has 1 unspecified atom stereocenters. The van der Waals surface area contributed by atoms with Gasteiger partial charge in [-0.2, -0.15) is 0 Å². The summed E-state index contributed by atoms with van der Waals surface area (Å²) in [4.78, 5) is 28.9. The molecular weight excluding hydrogens is 450 g/mol. The molecule has 0 radical (unpaired) electrons. The number of benzene rings is 2. The third-order valence-corrected chi connectivity index (χ3v) is 6.70. The van der Waals surface area contributed by atoms with Gasteiger partial charge in [0.2, 0.25) is 0 Å². The summed E-state index contributed by atoms with van der Waals surface area (Å²) in [7, 11) is 0. The van der Waals surface area contributed by atoms with E-state index in [4.69, 9.17) is 9.47 Å². The Hall–Kier alpha value is -2.66. The standard InChI is InChI=1S/C31H43NO4/c1-22(24-16-12-9-13-17-24)32(21-23-14-10-8-11-15-23)26-19-18-25(20-27(33)35-30(2,3)4)28(26)29(34)36-31(5,6)7/h8-17,22,25-26,28H,18-21H2,1-7H3/t22-,25-,26?,28-/m0/s1. The molecule has 2 aromatic carbocycles. The van der Waals surface area contributed by atoms with E-state index < -0.39 is 17.1 Å². The second kappa shape index (κ2) is 11.6. The molecule has 0 heterocycles. The summed E-state index contributed by atoms with van der Waals surface area (Å²) in [6, 6.07) is 20.8. The van der Waals surface area contributed by atoms with E-state index in [-0.39, 0.29) is 36.4 Å². The van der Waals surface area contributed by atoms with Crippen molar-refractivity contribution in [1.82, 2.24) is 4.90 Å². The van der Waals surface area contributed by atoms with Crippen molar-refractivity contribution >= 4 is 11.9 Å². The average Bonchev–Trinajstić information content (AvgIpc) is 3.19. The Morgan fingerprint density at radius 3 is 1.97 bits per heavy atom. The Morgan fingerprint density at radius 2 is 1.42 bits per heavy atom. The van der Waals surface area contributed by atoms with Crippen LogP contribution in [0.2, 0.25) is 0 Å². The number of carbonyl (C=O) groups is 2. The number of rotatable bonds is 8. The molecule has 0 amide bonds. The molecule has 4 atom stereocenters. The van der Waals surface area contributed by atoms with Crippen LogP contribution in [0.5, 0.6) is 0 Å². The highest BCUT2D eigenvalue weighted by Gasteiger charge is 2.47. The molecule has 0 bridgehead atoms. The Bertz CT molecular complexity index is 991. The van der Waals surface area contributed by atoms with Gasteiger partial charge in [0.1, 0.15) is 11.2 Å². The van der Waals surface area contributed by atoms with E-state index in [1.54, 1.807) is 0 Å². The monoisotopic (exact) mass is 493 g/mol. The van der Waals surface area contributed by atoms with Crippen molar-refractivity contribution in [2.24, 2.45) is 11.8 Å². The Labute approximate surface area is 217 Å². The third-order valence-electron chi connectivity index (χ3n) is 6.70. The topological polar surface area (TPSA) is 55.8 Å². The van der Waals surface area contributed by atoms with Crippen LogP contribution in [0.4, 0.5) is 0 Å². The highest BCUT2D eigenvalue weighted by Crippen LogP contribution is 2.42. The second-order valence-corrected chi connectivity index (χ2v) is 12.0. The number of carbonyl (C=O) groups excluding carboxylic acids is 2. The van der Waals surface area contributed by atoms with Crippen LogP contribution in [-0.4, -0.2) is 34.1 Å². The summed E-state index contributed by atoms with van der Waals surface area (Å²) in [6.45, 7) is 14.2. The van der Waals surface area contributed by atoms with Gasteiger partial charge >= 0.3 is 11.9 Å². The van der Waals surface area contributed by atoms with Crippen molar-refractivity contribution in [2.75, 3.05) is 0 Å². The van der Waals surface area contributed by atoms with Gasteiger partial charge < -0.3 is 9.47 Å². The number of hydrogen-bond donors (Lipinski definition) is 0. The summed E-state index contributed by atoms with van der Waals surface area (Å²) in [5.74, 6) is -1.02. The van der Waals surface area contributed by atoms with Crippen molar-refractivity contribution in [1.29, 1.82) is 0 Å². The Balaban J connectivity index is 1.96.